The molecule has 0 saturated heterocycles. The van der Waals surface area contributed by atoms with Gasteiger partial charge in [0.25, 0.3) is 0 Å². The van der Waals surface area contributed by atoms with Crippen LogP contribution in [-0.2, 0) is 12.8 Å². The maximum absolute atomic E-state index is 4.82. The van der Waals surface area contributed by atoms with E-state index in [-0.39, 0.29) is 0 Å². The van der Waals surface area contributed by atoms with Crippen LogP contribution >= 0.6 is 0 Å². The van der Waals surface area contributed by atoms with E-state index < -0.39 is 0 Å². The second-order valence-corrected chi connectivity index (χ2v) is 4.88. The average Bonchev–Trinajstić information content (AvgIpc) is 2.53. The Morgan fingerprint density at radius 3 is 2.40 bits per heavy atom. The number of hydrogen-bond donors (Lipinski definition) is 0. The van der Waals surface area contributed by atoms with E-state index in [2.05, 4.69) is 61.3 Å². The standard InChI is InChI=1S/C18H18N2/c1-3-16-17(4-2)20-18(12-19-16)15-11-7-9-13-8-5-6-10-14(13)15/h5-12H,3-4H2,1-2H3. The van der Waals surface area contributed by atoms with E-state index in [0.717, 1.165) is 35.5 Å². The summed E-state index contributed by atoms with van der Waals surface area (Å²) in [5.41, 5.74) is 4.35. The van der Waals surface area contributed by atoms with Crippen molar-refractivity contribution >= 4 is 10.8 Å². The van der Waals surface area contributed by atoms with Gasteiger partial charge in [-0.15, -0.1) is 0 Å². The Morgan fingerprint density at radius 1 is 0.850 bits per heavy atom. The van der Waals surface area contributed by atoms with Gasteiger partial charge in [-0.1, -0.05) is 56.3 Å². The minimum absolute atomic E-state index is 0.925. The largest absolute Gasteiger partial charge is 0.257 e. The molecule has 1 heterocycles. The number of hydrogen-bond acceptors (Lipinski definition) is 2. The molecule has 0 N–H and O–H groups in total. The second kappa shape index (κ2) is 5.41. The second-order valence-electron chi connectivity index (χ2n) is 4.88. The van der Waals surface area contributed by atoms with E-state index in [1.54, 1.807) is 0 Å². The van der Waals surface area contributed by atoms with Crippen molar-refractivity contribution in [3.8, 4) is 11.3 Å². The minimum Gasteiger partial charge on any atom is -0.257 e. The van der Waals surface area contributed by atoms with Gasteiger partial charge >= 0.3 is 0 Å². The molecule has 2 aromatic carbocycles. The SMILES string of the molecule is CCc1ncc(-c2cccc3ccccc23)nc1CC. The van der Waals surface area contributed by atoms with Crippen LogP contribution in [-0.4, -0.2) is 9.97 Å². The van der Waals surface area contributed by atoms with Crippen molar-refractivity contribution in [2.75, 3.05) is 0 Å². The summed E-state index contributed by atoms with van der Waals surface area (Å²) in [5, 5.41) is 2.47. The zero-order chi connectivity index (χ0) is 13.9. The summed E-state index contributed by atoms with van der Waals surface area (Å²) < 4.78 is 0. The first-order valence-corrected chi connectivity index (χ1v) is 7.16. The van der Waals surface area contributed by atoms with E-state index in [0.29, 0.717) is 0 Å². The first-order valence-electron chi connectivity index (χ1n) is 7.16. The highest BCUT2D eigenvalue weighted by molar-refractivity contribution is 5.95. The molecule has 0 fully saturated rings. The van der Waals surface area contributed by atoms with E-state index in [1.165, 1.54) is 10.8 Å². The van der Waals surface area contributed by atoms with Gasteiger partial charge in [0.2, 0.25) is 0 Å². The highest BCUT2D eigenvalue weighted by Crippen LogP contribution is 2.27. The van der Waals surface area contributed by atoms with Crippen molar-refractivity contribution in [1.29, 1.82) is 0 Å². The zero-order valence-electron chi connectivity index (χ0n) is 11.9. The number of fused-ring (bicyclic) bond motifs is 1. The van der Waals surface area contributed by atoms with Crippen molar-refractivity contribution in [3.05, 3.63) is 60.0 Å². The van der Waals surface area contributed by atoms with Gasteiger partial charge in [0.05, 0.1) is 23.3 Å². The Hall–Kier alpha value is -2.22. The van der Waals surface area contributed by atoms with Crippen LogP contribution in [0.5, 0.6) is 0 Å². The number of benzene rings is 2. The van der Waals surface area contributed by atoms with Gasteiger partial charge in [-0.05, 0) is 23.6 Å². The molecule has 100 valence electrons. The molecule has 0 aliphatic rings. The first kappa shape index (κ1) is 12.8. The summed E-state index contributed by atoms with van der Waals surface area (Å²) in [6.45, 7) is 4.26. The quantitative estimate of drug-likeness (QED) is 0.698. The Balaban J connectivity index is 2.21. The monoisotopic (exact) mass is 262 g/mol. The summed E-state index contributed by atoms with van der Waals surface area (Å²) >= 11 is 0. The van der Waals surface area contributed by atoms with Crippen LogP contribution in [0.25, 0.3) is 22.0 Å². The summed E-state index contributed by atoms with van der Waals surface area (Å²) in [5.74, 6) is 0. The molecule has 0 spiro atoms. The van der Waals surface area contributed by atoms with Crippen LogP contribution in [0.3, 0.4) is 0 Å². The summed E-state index contributed by atoms with van der Waals surface area (Å²) in [4.78, 5) is 9.41. The molecular weight excluding hydrogens is 244 g/mol. The molecule has 0 radical (unpaired) electrons. The molecule has 2 heteroatoms. The number of aryl methyl sites for hydroxylation is 2. The molecule has 0 amide bonds. The molecular formula is C18H18N2. The molecule has 0 bridgehead atoms. The number of aromatic nitrogens is 2. The highest BCUT2D eigenvalue weighted by atomic mass is 14.8. The van der Waals surface area contributed by atoms with Crippen molar-refractivity contribution in [3.63, 3.8) is 0 Å². The lowest BCUT2D eigenvalue weighted by atomic mass is 10.0. The molecule has 0 aliphatic carbocycles. The highest BCUT2D eigenvalue weighted by Gasteiger charge is 2.08. The van der Waals surface area contributed by atoms with Gasteiger partial charge in [0, 0.05) is 5.56 Å². The van der Waals surface area contributed by atoms with Gasteiger partial charge in [-0.25, -0.2) is 4.98 Å². The number of nitrogens with zero attached hydrogens (tertiary/aromatic N) is 2. The Bertz CT molecular complexity index is 742. The van der Waals surface area contributed by atoms with Crippen LogP contribution in [0.4, 0.5) is 0 Å². The van der Waals surface area contributed by atoms with Gasteiger partial charge in [0.15, 0.2) is 0 Å². The molecule has 3 aromatic rings. The molecule has 2 nitrogen and oxygen atoms in total. The van der Waals surface area contributed by atoms with E-state index in [9.17, 15) is 0 Å². The fourth-order valence-corrected chi connectivity index (χ4v) is 2.61. The van der Waals surface area contributed by atoms with Crippen LogP contribution in [0.15, 0.2) is 48.7 Å². The molecule has 20 heavy (non-hydrogen) atoms. The summed E-state index contributed by atoms with van der Waals surface area (Å²) in [6.07, 6.45) is 3.76. The van der Waals surface area contributed by atoms with Gasteiger partial charge in [0.1, 0.15) is 0 Å². The normalized spacial score (nSPS) is 10.9. The van der Waals surface area contributed by atoms with Gasteiger partial charge < -0.3 is 0 Å². The van der Waals surface area contributed by atoms with E-state index in [1.807, 2.05) is 6.20 Å². The van der Waals surface area contributed by atoms with Crippen molar-refractivity contribution in [2.24, 2.45) is 0 Å². The number of rotatable bonds is 3. The Morgan fingerprint density at radius 2 is 1.60 bits per heavy atom. The van der Waals surface area contributed by atoms with Crippen LogP contribution in [0.1, 0.15) is 25.2 Å². The van der Waals surface area contributed by atoms with Crippen molar-refractivity contribution in [1.82, 2.24) is 9.97 Å². The lowest BCUT2D eigenvalue weighted by Gasteiger charge is -2.09. The molecule has 0 unspecified atom stereocenters. The summed E-state index contributed by atoms with van der Waals surface area (Å²) in [7, 11) is 0. The van der Waals surface area contributed by atoms with Crippen LogP contribution < -0.4 is 0 Å². The first-order chi connectivity index (χ1) is 9.83. The minimum atomic E-state index is 0.925. The fraction of sp³-hybridized carbons (Fsp3) is 0.222. The van der Waals surface area contributed by atoms with Crippen LogP contribution in [0, 0.1) is 0 Å². The average molecular weight is 262 g/mol. The lowest BCUT2D eigenvalue weighted by Crippen LogP contribution is -2.00. The third-order valence-corrected chi connectivity index (χ3v) is 3.67. The predicted octanol–water partition coefficient (Wildman–Crippen LogP) is 4.42. The van der Waals surface area contributed by atoms with Gasteiger partial charge in [-0.2, -0.15) is 0 Å². The smallest absolute Gasteiger partial charge is 0.0894 e. The Labute approximate surface area is 119 Å². The predicted molar refractivity (Wildman–Crippen MR) is 83.7 cm³/mol. The van der Waals surface area contributed by atoms with Crippen molar-refractivity contribution in [2.45, 2.75) is 26.7 Å². The van der Waals surface area contributed by atoms with Gasteiger partial charge in [-0.3, -0.25) is 4.98 Å². The third kappa shape index (κ3) is 2.18. The van der Waals surface area contributed by atoms with Crippen molar-refractivity contribution < 1.29 is 0 Å². The molecule has 0 atom stereocenters. The molecule has 1 aromatic heterocycles. The zero-order valence-corrected chi connectivity index (χ0v) is 11.9. The van der Waals surface area contributed by atoms with E-state index in [4.69, 9.17) is 4.98 Å². The Kier molecular flexibility index (Phi) is 3.46. The maximum Gasteiger partial charge on any atom is 0.0894 e. The summed E-state index contributed by atoms with van der Waals surface area (Å²) in [6, 6.07) is 14.7. The van der Waals surface area contributed by atoms with E-state index >= 15 is 0 Å². The molecule has 3 rings (SSSR count). The molecule has 0 aliphatic heterocycles. The lowest BCUT2D eigenvalue weighted by molar-refractivity contribution is 0.908. The third-order valence-electron chi connectivity index (χ3n) is 3.67. The fourth-order valence-electron chi connectivity index (χ4n) is 2.61. The maximum atomic E-state index is 4.82. The molecule has 0 saturated carbocycles. The van der Waals surface area contributed by atoms with Crippen LogP contribution in [0.2, 0.25) is 0 Å². The topological polar surface area (TPSA) is 25.8 Å².